The average Bonchev–Trinajstić information content (AvgIpc) is 2.99. The monoisotopic (exact) mass is 328 g/mol. The molecular weight excluding hydrogens is 300 g/mol. The Kier molecular flexibility index (Phi) is 4.30. The van der Waals surface area contributed by atoms with Crippen LogP contribution in [0.1, 0.15) is 56.7 Å². The van der Waals surface area contributed by atoms with Crippen LogP contribution >= 0.6 is 0 Å². The molecule has 0 aliphatic carbocycles. The number of benzene rings is 1. The molecule has 1 saturated heterocycles. The van der Waals surface area contributed by atoms with E-state index < -0.39 is 5.60 Å². The Balaban J connectivity index is 2.16. The van der Waals surface area contributed by atoms with Gasteiger partial charge in [0.1, 0.15) is 0 Å². The molecule has 0 bridgehead atoms. The third kappa shape index (κ3) is 2.89. The smallest absolute Gasteiger partial charge is 0.244 e. The van der Waals surface area contributed by atoms with Gasteiger partial charge < -0.3 is 15.3 Å². The maximum absolute atomic E-state index is 12.4. The molecule has 2 aliphatic heterocycles. The first-order chi connectivity index (χ1) is 11.2. The number of aliphatic hydroxyl groups is 1. The first-order valence-corrected chi connectivity index (χ1v) is 8.79. The van der Waals surface area contributed by atoms with Gasteiger partial charge in [0.2, 0.25) is 5.91 Å². The topological polar surface area (TPSA) is 52.6 Å². The molecule has 2 aliphatic rings. The van der Waals surface area contributed by atoms with Crippen LogP contribution in [0.3, 0.4) is 0 Å². The molecule has 4 heteroatoms. The van der Waals surface area contributed by atoms with Gasteiger partial charge in [0, 0.05) is 19.2 Å². The van der Waals surface area contributed by atoms with Crippen molar-refractivity contribution >= 4 is 11.5 Å². The highest BCUT2D eigenvalue weighted by Gasteiger charge is 2.41. The minimum atomic E-state index is -0.880. The summed E-state index contributed by atoms with van der Waals surface area (Å²) in [7, 11) is 1.83. The Bertz CT molecular complexity index is 685. The second kappa shape index (κ2) is 6.01. The van der Waals surface area contributed by atoms with Crippen LogP contribution in [0.5, 0.6) is 0 Å². The molecule has 1 fully saturated rings. The van der Waals surface area contributed by atoms with Crippen molar-refractivity contribution < 1.29 is 9.90 Å². The lowest BCUT2D eigenvalue weighted by Gasteiger charge is -2.33. The van der Waals surface area contributed by atoms with E-state index in [9.17, 15) is 9.90 Å². The molecule has 4 nitrogen and oxygen atoms in total. The summed E-state index contributed by atoms with van der Waals surface area (Å²) in [5.41, 5.74) is 3.67. The van der Waals surface area contributed by atoms with Gasteiger partial charge in [-0.3, -0.25) is 4.79 Å². The number of amides is 1. The number of rotatable bonds is 3. The molecule has 1 aromatic rings. The molecule has 1 amide bonds. The summed E-state index contributed by atoms with van der Waals surface area (Å²) >= 11 is 0. The normalized spacial score (nSPS) is 24.4. The minimum absolute atomic E-state index is 0.124. The largest absolute Gasteiger partial charge is 0.386 e. The van der Waals surface area contributed by atoms with Gasteiger partial charge in [-0.1, -0.05) is 26.0 Å². The molecule has 1 aromatic carbocycles. The molecule has 2 heterocycles. The maximum Gasteiger partial charge on any atom is 0.244 e. The number of fused-ring (bicyclic) bond motifs is 1. The van der Waals surface area contributed by atoms with E-state index in [2.05, 4.69) is 31.3 Å². The Morgan fingerprint density at radius 2 is 2.04 bits per heavy atom. The molecule has 0 spiro atoms. The second-order valence-electron chi connectivity index (χ2n) is 7.88. The summed E-state index contributed by atoms with van der Waals surface area (Å²) in [5.74, 6) is 0.738. The van der Waals surface area contributed by atoms with Crippen LogP contribution in [0.15, 0.2) is 24.4 Å². The molecule has 0 saturated carbocycles. The number of likely N-dealkylation sites (N-methyl/N-ethyl adjacent to an activating group) is 1. The summed E-state index contributed by atoms with van der Waals surface area (Å²) in [6.45, 7) is 8.86. The fourth-order valence-corrected chi connectivity index (χ4v) is 3.84. The van der Waals surface area contributed by atoms with Gasteiger partial charge in [0.05, 0.1) is 11.6 Å². The van der Waals surface area contributed by atoms with Crippen LogP contribution in [-0.2, 0) is 10.4 Å². The van der Waals surface area contributed by atoms with Crippen LogP contribution in [0.4, 0.5) is 0 Å². The van der Waals surface area contributed by atoms with Crippen molar-refractivity contribution in [1.82, 2.24) is 10.2 Å². The molecule has 24 heavy (non-hydrogen) atoms. The van der Waals surface area contributed by atoms with E-state index >= 15 is 0 Å². The number of nitrogens with zero attached hydrogens (tertiary/aromatic N) is 1. The van der Waals surface area contributed by atoms with Gasteiger partial charge in [-0.25, -0.2) is 0 Å². The molecule has 0 aromatic heterocycles. The fraction of sp³-hybridized carbons (Fsp3) is 0.550. The molecule has 2 unspecified atom stereocenters. The predicted molar refractivity (Wildman–Crippen MR) is 96.4 cm³/mol. The van der Waals surface area contributed by atoms with Gasteiger partial charge in [-0.15, -0.1) is 0 Å². The van der Waals surface area contributed by atoms with E-state index in [-0.39, 0.29) is 17.9 Å². The number of carbonyl (C=O) groups excluding carboxylic acids is 1. The van der Waals surface area contributed by atoms with Crippen molar-refractivity contribution in [3.05, 3.63) is 41.1 Å². The van der Waals surface area contributed by atoms with Crippen LogP contribution in [-0.4, -0.2) is 35.5 Å². The Hall–Kier alpha value is -1.65. The summed E-state index contributed by atoms with van der Waals surface area (Å²) in [4.78, 5) is 14.1. The van der Waals surface area contributed by atoms with Gasteiger partial charge in [-0.2, -0.15) is 0 Å². The first-order valence-electron chi connectivity index (χ1n) is 8.79. The predicted octanol–water partition coefficient (Wildman–Crippen LogP) is 2.83. The van der Waals surface area contributed by atoms with E-state index in [1.165, 1.54) is 16.7 Å². The van der Waals surface area contributed by atoms with E-state index in [4.69, 9.17) is 0 Å². The van der Waals surface area contributed by atoms with Gasteiger partial charge in [-0.05, 0) is 61.1 Å². The molecule has 2 atom stereocenters. The molecular formula is C20H28N2O2. The van der Waals surface area contributed by atoms with Crippen LogP contribution in [0.25, 0.3) is 5.57 Å². The zero-order chi connectivity index (χ0) is 17.6. The first kappa shape index (κ1) is 17.2. The Morgan fingerprint density at radius 3 is 2.67 bits per heavy atom. The van der Waals surface area contributed by atoms with Crippen LogP contribution in [0.2, 0.25) is 0 Å². The molecule has 3 rings (SSSR count). The van der Waals surface area contributed by atoms with E-state index in [0.29, 0.717) is 5.92 Å². The van der Waals surface area contributed by atoms with Crippen molar-refractivity contribution in [3.63, 3.8) is 0 Å². The standard InChI is InChI=1S/C20H28N2O2/c1-12(2)14-7-6-13(20(3,4)24)10-16(14)17-11-22(5)19(23)18-15(17)8-9-21-18/h6-7,10-12,15,18,21,24H,8-9H2,1-5H3. The summed E-state index contributed by atoms with van der Waals surface area (Å²) in [6, 6.07) is 6.13. The molecule has 130 valence electrons. The van der Waals surface area contributed by atoms with Crippen molar-refractivity contribution in [2.24, 2.45) is 5.92 Å². The van der Waals surface area contributed by atoms with Crippen molar-refractivity contribution in [2.75, 3.05) is 13.6 Å². The number of carbonyl (C=O) groups is 1. The lowest BCUT2D eigenvalue weighted by molar-refractivity contribution is -0.130. The summed E-state index contributed by atoms with van der Waals surface area (Å²) in [5, 5.41) is 13.8. The minimum Gasteiger partial charge on any atom is -0.386 e. The number of hydrogen-bond acceptors (Lipinski definition) is 3. The molecule has 2 N–H and O–H groups in total. The van der Waals surface area contributed by atoms with E-state index in [0.717, 1.165) is 18.5 Å². The lowest BCUT2D eigenvalue weighted by atomic mass is 9.79. The summed E-state index contributed by atoms with van der Waals surface area (Å²) < 4.78 is 0. The number of nitrogens with one attached hydrogen (secondary N) is 1. The maximum atomic E-state index is 12.4. The van der Waals surface area contributed by atoms with E-state index in [1.807, 2.05) is 33.2 Å². The van der Waals surface area contributed by atoms with Crippen molar-refractivity contribution in [2.45, 2.75) is 51.7 Å². The van der Waals surface area contributed by atoms with Crippen LogP contribution in [0, 0.1) is 5.92 Å². The highest BCUT2D eigenvalue weighted by atomic mass is 16.3. The Morgan fingerprint density at radius 1 is 1.33 bits per heavy atom. The van der Waals surface area contributed by atoms with Crippen molar-refractivity contribution in [3.8, 4) is 0 Å². The quantitative estimate of drug-likeness (QED) is 0.897. The molecule has 0 radical (unpaired) electrons. The zero-order valence-corrected chi connectivity index (χ0v) is 15.3. The lowest BCUT2D eigenvalue weighted by Crippen LogP contribution is -2.46. The van der Waals surface area contributed by atoms with Crippen LogP contribution < -0.4 is 5.32 Å². The zero-order valence-electron chi connectivity index (χ0n) is 15.3. The third-order valence-electron chi connectivity index (χ3n) is 5.26. The second-order valence-corrected chi connectivity index (χ2v) is 7.88. The Labute approximate surface area is 144 Å². The third-order valence-corrected chi connectivity index (χ3v) is 5.26. The van der Waals surface area contributed by atoms with Crippen molar-refractivity contribution in [1.29, 1.82) is 0 Å². The fourth-order valence-electron chi connectivity index (χ4n) is 3.84. The average molecular weight is 328 g/mol. The van der Waals surface area contributed by atoms with Gasteiger partial charge in [0.15, 0.2) is 0 Å². The summed E-state index contributed by atoms with van der Waals surface area (Å²) in [6.07, 6.45) is 2.96. The number of hydrogen-bond donors (Lipinski definition) is 2. The SMILES string of the molecule is CC(C)c1ccc(C(C)(C)O)cc1C1=CN(C)C(=O)C2NCCC12. The highest BCUT2D eigenvalue weighted by molar-refractivity contribution is 5.91. The van der Waals surface area contributed by atoms with Gasteiger partial charge >= 0.3 is 0 Å². The highest BCUT2D eigenvalue weighted by Crippen LogP contribution is 2.40. The van der Waals surface area contributed by atoms with E-state index in [1.54, 1.807) is 4.90 Å². The van der Waals surface area contributed by atoms with Gasteiger partial charge in [0.25, 0.3) is 0 Å².